The van der Waals surface area contributed by atoms with Crippen molar-refractivity contribution in [2.45, 2.75) is 0 Å². The fraction of sp³-hybridized carbons (Fsp3) is 0. The topological polar surface area (TPSA) is 64.0 Å². The van der Waals surface area contributed by atoms with Crippen LogP contribution in [0.15, 0.2) is 120 Å². The Morgan fingerprint density at radius 3 is 2.16 bits per heavy atom. The largest absolute Gasteiger partial charge is 0.455 e. The predicted molar refractivity (Wildman–Crippen MR) is 171 cm³/mol. The first-order valence-electron chi connectivity index (χ1n) is 13.9. The van der Waals surface area contributed by atoms with Crippen LogP contribution in [-0.2, 0) is 0 Å². The van der Waals surface area contributed by atoms with E-state index in [1.54, 1.807) is 0 Å². The number of benzene rings is 5. The highest BCUT2D eigenvalue weighted by molar-refractivity contribution is 6.24. The molecule has 0 fully saturated rings. The van der Waals surface area contributed by atoms with Crippen LogP contribution in [0.4, 0.5) is 5.69 Å². The summed E-state index contributed by atoms with van der Waals surface area (Å²) in [7, 11) is 0. The van der Waals surface area contributed by atoms with Crippen molar-refractivity contribution in [1.82, 2.24) is 14.1 Å². The van der Waals surface area contributed by atoms with Crippen LogP contribution < -0.4 is 0 Å². The van der Waals surface area contributed by atoms with E-state index in [2.05, 4.69) is 50.4 Å². The lowest BCUT2D eigenvalue weighted by Gasteiger charge is -2.11. The monoisotopic (exact) mass is 549 g/mol. The second-order valence-corrected chi connectivity index (χ2v) is 10.6. The summed E-state index contributed by atoms with van der Waals surface area (Å²) in [6.07, 6.45) is 0. The van der Waals surface area contributed by atoms with Gasteiger partial charge in [0.15, 0.2) is 5.69 Å². The first-order chi connectivity index (χ1) is 21.2. The number of fused-ring (bicyclic) bond motifs is 10. The summed E-state index contributed by atoms with van der Waals surface area (Å²) in [5.41, 5.74) is 6.73. The van der Waals surface area contributed by atoms with Gasteiger partial charge in [-0.05, 0) is 66.7 Å². The highest BCUT2D eigenvalue weighted by atomic mass is 16.3. The second kappa shape index (κ2) is 8.57. The molecule has 0 aliphatic carbocycles. The number of para-hydroxylation sites is 2. The third-order valence-corrected chi connectivity index (χ3v) is 8.36. The quantitative estimate of drug-likeness (QED) is 0.202. The molecule has 0 saturated carbocycles. The van der Waals surface area contributed by atoms with Crippen molar-refractivity contribution in [3.05, 3.63) is 132 Å². The third kappa shape index (κ3) is 3.18. The molecule has 4 heterocycles. The summed E-state index contributed by atoms with van der Waals surface area (Å²) in [6, 6.07) is 40.4. The summed E-state index contributed by atoms with van der Waals surface area (Å²) in [4.78, 5) is 8.96. The molecule has 9 aromatic rings. The molecular weight excluding hydrogens is 530 g/mol. The number of furan rings is 1. The zero-order valence-electron chi connectivity index (χ0n) is 22.6. The van der Waals surface area contributed by atoms with Crippen LogP contribution in [0.1, 0.15) is 5.56 Å². The molecule has 0 unspecified atom stereocenters. The Morgan fingerprint density at radius 1 is 0.628 bits per heavy atom. The highest BCUT2D eigenvalue weighted by Gasteiger charge is 2.20. The Bertz CT molecular complexity index is 2710. The van der Waals surface area contributed by atoms with Gasteiger partial charge in [0.25, 0.3) is 0 Å². The minimum Gasteiger partial charge on any atom is -0.455 e. The number of nitriles is 1. The maximum absolute atomic E-state index is 9.55. The van der Waals surface area contributed by atoms with Crippen LogP contribution in [0.3, 0.4) is 0 Å². The average molecular weight is 550 g/mol. The predicted octanol–water partition coefficient (Wildman–Crippen LogP) is 9.60. The molecule has 0 amide bonds. The van der Waals surface area contributed by atoms with Gasteiger partial charge in [-0.15, -0.1) is 0 Å². The Labute approximate surface area is 244 Å². The van der Waals surface area contributed by atoms with Crippen LogP contribution in [0.2, 0.25) is 0 Å². The Kier molecular flexibility index (Phi) is 4.65. The lowest BCUT2D eigenvalue weighted by Crippen LogP contribution is -2.03. The number of hydrogen-bond donors (Lipinski definition) is 0. The van der Waals surface area contributed by atoms with E-state index in [0.717, 1.165) is 77.2 Å². The molecule has 0 atom stereocenters. The third-order valence-electron chi connectivity index (χ3n) is 8.36. The van der Waals surface area contributed by atoms with E-state index in [1.807, 2.05) is 84.9 Å². The maximum atomic E-state index is 9.55. The van der Waals surface area contributed by atoms with E-state index in [0.29, 0.717) is 11.3 Å². The number of nitrogens with zero attached hydrogens (tertiary/aromatic N) is 5. The number of rotatable bonds is 2. The van der Waals surface area contributed by atoms with Crippen molar-refractivity contribution in [3.63, 3.8) is 0 Å². The second-order valence-electron chi connectivity index (χ2n) is 10.6. The minimum absolute atomic E-state index is 0.573. The maximum Gasteiger partial charge on any atom is 0.188 e. The van der Waals surface area contributed by atoms with Gasteiger partial charge in [0, 0.05) is 26.9 Å². The normalized spacial score (nSPS) is 11.7. The van der Waals surface area contributed by atoms with Crippen molar-refractivity contribution >= 4 is 71.2 Å². The Balaban J connectivity index is 1.36. The van der Waals surface area contributed by atoms with E-state index in [4.69, 9.17) is 16.0 Å². The molecule has 9 rings (SSSR count). The molecule has 5 aromatic carbocycles. The molecule has 0 radical (unpaired) electrons. The van der Waals surface area contributed by atoms with Crippen molar-refractivity contribution < 1.29 is 4.42 Å². The van der Waals surface area contributed by atoms with Gasteiger partial charge in [-0.3, -0.25) is 9.13 Å². The zero-order chi connectivity index (χ0) is 28.7. The Morgan fingerprint density at radius 2 is 1.33 bits per heavy atom. The zero-order valence-corrected chi connectivity index (χ0v) is 22.6. The van der Waals surface area contributed by atoms with Crippen LogP contribution >= 0.6 is 0 Å². The van der Waals surface area contributed by atoms with Crippen molar-refractivity contribution in [2.75, 3.05) is 0 Å². The fourth-order valence-electron chi connectivity index (χ4n) is 6.54. The van der Waals surface area contributed by atoms with Gasteiger partial charge in [0.1, 0.15) is 22.8 Å². The molecule has 0 saturated heterocycles. The van der Waals surface area contributed by atoms with E-state index in [9.17, 15) is 5.26 Å². The molecule has 0 aliphatic rings. The molecule has 4 aromatic heterocycles. The summed E-state index contributed by atoms with van der Waals surface area (Å²) < 4.78 is 10.8. The SMILES string of the molecule is [C-]#[N+]c1ccc2c(c1)c1c3oc4ccccc4c3ccc1n2-c1cccc(-n2c3ccccc3c3cc(C#N)ccc32)n1. The number of pyridine rings is 1. The van der Waals surface area contributed by atoms with Crippen LogP contribution in [-0.4, -0.2) is 14.1 Å². The van der Waals surface area contributed by atoms with Crippen LogP contribution in [0.25, 0.3) is 82.0 Å². The van der Waals surface area contributed by atoms with Crippen LogP contribution in [0, 0.1) is 17.9 Å². The van der Waals surface area contributed by atoms with Crippen molar-refractivity contribution in [2.24, 2.45) is 0 Å². The summed E-state index contributed by atoms with van der Waals surface area (Å²) in [5.74, 6) is 1.52. The number of aromatic nitrogens is 3. The summed E-state index contributed by atoms with van der Waals surface area (Å²) >= 11 is 0. The van der Waals surface area contributed by atoms with Crippen molar-refractivity contribution in [3.8, 4) is 17.7 Å². The first-order valence-corrected chi connectivity index (χ1v) is 13.9. The Hall–Kier alpha value is -6.37. The van der Waals surface area contributed by atoms with E-state index >= 15 is 0 Å². The van der Waals surface area contributed by atoms with E-state index < -0.39 is 0 Å². The van der Waals surface area contributed by atoms with E-state index in [1.165, 1.54) is 0 Å². The first kappa shape index (κ1) is 23.3. The highest BCUT2D eigenvalue weighted by Crippen LogP contribution is 2.41. The smallest absolute Gasteiger partial charge is 0.188 e. The summed E-state index contributed by atoms with van der Waals surface area (Å²) in [6.45, 7) is 7.68. The minimum atomic E-state index is 0.573. The van der Waals surface area contributed by atoms with Gasteiger partial charge >= 0.3 is 0 Å². The molecule has 198 valence electrons. The van der Waals surface area contributed by atoms with Gasteiger partial charge < -0.3 is 4.42 Å². The average Bonchev–Trinajstić information content (AvgIpc) is 3.71. The van der Waals surface area contributed by atoms with Gasteiger partial charge in [0.05, 0.1) is 45.7 Å². The van der Waals surface area contributed by atoms with Gasteiger partial charge in [0.2, 0.25) is 0 Å². The molecule has 6 heteroatoms. The lowest BCUT2D eigenvalue weighted by molar-refractivity contribution is 0.673. The van der Waals surface area contributed by atoms with Crippen molar-refractivity contribution in [1.29, 1.82) is 5.26 Å². The molecule has 0 bridgehead atoms. The van der Waals surface area contributed by atoms with Gasteiger partial charge in [-0.2, -0.15) is 5.26 Å². The lowest BCUT2D eigenvalue weighted by atomic mass is 10.1. The van der Waals surface area contributed by atoms with Gasteiger partial charge in [-0.1, -0.05) is 48.5 Å². The molecule has 0 spiro atoms. The molecular formula is C37H19N5O. The van der Waals surface area contributed by atoms with E-state index in [-0.39, 0.29) is 0 Å². The molecule has 0 aliphatic heterocycles. The molecule has 43 heavy (non-hydrogen) atoms. The summed E-state index contributed by atoms with van der Waals surface area (Å²) in [5, 5.41) is 15.6. The number of hydrogen-bond acceptors (Lipinski definition) is 3. The molecule has 6 nitrogen and oxygen atoms in total. The standard InChI is InChI=1S/C37H19N5O/c1-39-23-14-17-31-28(20-23)36-32(18-15-26-25-8-3-5-10-33(25)43-37(26)36)42(31)35-12-6-11-34(40-35)41-29-9-4-2-7-24(29)27-19-22(21-38)13-16-30(27)41/h2-20H. The molecule has 0 N–H and O–H groups in total. The van der Waals surface area contributed by atoms with Crippen LogP contribution in [0.5, 0.6) is 0 Å². The fourth-order valence-corrected chi connectivity index (χ4v) is 6.54. The van der Waals surface area contributed by atoms with Gasteiger partial charge in [-0.25, -0.2) is 9.83 Å².